The maximum Gasteiger partial charge on any atom is 0.408 e. The van der Waals surface area contributed by atoms with Gasteiger partial charge in [-0.1, -0.05) is 18.6 Å². The highest BCUT2D eigenvalue weighted by molar-refractivity contribution is 6.01. The predicted molar refractivity (Wildman–Crippen MR) is 183 cm³/mol. The van der Waals surface area contributed by atoms with Gasteiger partial charge < -0.3 is 34.1 Å². The zero-order chi connectivity index (χ0) is 42.5. The number of nitrogens with one attached hydrogen (secondary N) is 1. The summed E-state index contributed by atoms with van der Waals surface area (Å²) in [4.78, 5) is 74.7. The van der Waals surface area contributed by atoms with Crippen molar-refractivity contribution in [1.29, 1.82) is 0 Å². The van der Waals surface area contributed by atoms with E-state index in [9.17, 15) is 29.1 Å². The standard InChI is InChI=1S/C36H52FN3O17/c1-31(2,3)55-30(46)38-24(29(45)52-16-21(56-40(49)50)17-53-39(47)48)14-28(44)51-18-26(43)36-27(54-32(4,5)57-36)13-23-22-9-8-19-12-20(41)10-11-33(19,6)35(22,37)25(42)15-34(23,36)7/h10-12,21-25,27,42,47-50H,8-9,13-18H2,1-7H3,(H,38,46)/t21?,22?,23?,24?,25-,27+,33-,34-,35-,36+/m0/s1. The highest BCUT2D eigenvalue weighted by Crippen LogP contribution is 2.72. The molecule has 1 heterocycles. The topological polar surface area (TPSA) is 270 Å². The maximum absolute atomic E-state index is 17.7. The fourth-order valence-corrected chi connectivity index (χ4v) is 9.60. The number of alkyl halides is 1. The first kappa shape index (κ1) is 44.6. The van der Waals surface area contributed by atoms with Crippen molar-refractivity contribution in [1.82, 2.24) is 16.1 Å². The van der Waals surface area contributed by atoms with E-state index in [2.05, 4.69) is 15.0 Å². The van der Waals surface area contributed by atoms with Crippen LogP contribution in [0.4, 0.5) is 9.18 Å². The molecule has 0 spiro atoms. The number of alkyl carbamates (subject to hydrolysis) is 1. The molecule has 0 aromatic heterocycles. The lowest BCUT2D eigenvalue weighted by molar-refractivity contribution is -0.527. The first-order chi connectivity index (χ1) is 26.3. The first-order valence-corrected chi connectivity index (χ1v) is 18.5. The van der Waals surface area contributed by atoms with E-state index in [1.165, 1.54) is 39.0 Å². The van der Waals surface area contributed by atoms with E-state index in [0.717, 1.165) is 0 Å². The Kier molecular flexibility index (Phi) is 12.5. The second-order valence-corrected chi connectivity index (χ2v) is 17.0. The molecule has 0 aromatic rings. The van der Waals surface area contributed by atoms with Crippen LogP contribution in [-0.4, -0.2) is 133 Å². The summed E-state index contributed by atoms with van der Waals surface area (Å²) in [6, 6.07) is -1.80. The van der Waals surface area contributed by atoms with Crippen LogP contribution in [0.25, 0.3) is 0 Å². The van der Waals surface area contributed by atoms with Crippen LogP contribution in [0.3, 0.4) is 0 Å². The number of aliphatic hydroxyl groups excluding tert-OH is 1. The number of hydrogen-bond acceptors (Lipinski definition) is 19. The molecular formula is C36H52FN3O17. The van der Waals surface area contributed by atoms with E-state index in [1.54, 1.807) is 27.7 Å². The van der Waals surface area contributed by atoms with Gasteiger partial charge in [-0.3, -0.25) is 35.2 Å². The van der Waals surface area contributed by atoms with Crippen LogP contribution in [0.1, 0.15) is 80.6 Å². The Morgan fingerprint density at radius 2 is 1.72 bits per heavy atom. The van der Waals surface area contributed by atoms with Crippen LogP contribution in [0.15, 0.2) is 23.8 Å². The zero-order valence-electron chi connectivity index (χ0n) is 32.8. The number of rotatable bonds is 14. The Labute approximate surface area is 327 Å². The van der Waals surface area contributed by atoms with Crippen molar-refractivity contribution in [3.05, 3.63) is 23.8 Å². The molecule has 20 nitrogen and oxygen atoms in total. The summed E-state index contributed by atoms with van der Waals surface area (Å²) in [6.45, 7) is 8.68. The van der Waals surface area contributed by atoms with Gasteiger partial charge in [0.15, 0.2) is 29.4 Å². The number of fused-ring (bicyclic) bond motifs is 7. The van der Waals surface area contributed by atoms with Gasteiger partial charge in [-0.15, -0.1) is 0 Å². The maximum atomic E-state index is 17.7. The number of allylic oxidation sites excluding steroid dienone is 4. The van der Waals surface area contributed by atoms with E-state index in [4.69, 9.17) is 44.5 Å². The molecule has 320 valence electrons. The Hall–Kier alpha value is -3.48. The molecular weight excluding hydrogens is 765 g/mol. The second kappa shape index (κ2) is 15.9. The largest absolute Gasteiger partial charge is 0.461 e. The molecule has 0 bridgehead atoms. The average molecular weight is 818 g/mol. The SMILES string of the molecule is CC(C)(C)OC(=O)NC(CC(=O)OCC(=O)[C@@]12OC(C)(C)O[C@@H]1CC1C3CCC4=CC(=O)C=C[C@]4(C)[C@@]3(F)[C@@H](O)C[C@@]12C)C(=O)OCC(CON(O)O)ON(O)O. The molecule has 3 saturated carbocycles. The number of amides is 1. The number of hydrogen-bond donors (Lipinski definition) is 6. The summed E-state index contributed by atoms with van der Waals surface area (Å²) in [5.74, 6) is -6.07. The highest BCUT2D eigenvalue weighted by Gasteiger charge is 2.80. The normalized spacial score (nSPS) is 35.0. The summed E-state index contributed by atoms with van der Waals surface area (Å²) in [6.07, 6.45) is -1.25. The van der Waals surface area contributed by atoms with Crippen LogP contribution in [0.2, 0.25) is 0 Å². The monoisotopic (exact) mass is 817 g/mol. The van der Waals surface area contributed by atoms with Crippen LogP contribution in [-0.2, 0) is 52.5 Å². The number of esters is 2. The van der Waals surface area contributed by atoms with Crippen molar-refractivity contribution < 1.29 is 87.7 Å². The molecule has 0 radical (unpaired) electrons. The second-order valence-electron chi connectivity index (χ2n) is 17.0. The molecule has 1 saturated heterocycles. The Morgan fingerprint density at radius 1 is 1.04 bits per heavy atom. The minimum Gasteiger partial charge on any atom is -0.461 e. The third-order valence-electron chi connectivity index (χ3n) is 11.8. The van der Waals surface area contributed by atoms with Gasteiger partial charge in [-0.25, -0.2) is 23.7 Å². The van der Waals surface area contributed by atoms with E-state index in [-0.39, 0.29) is 25.0 Å². The molecule has 4 aliphatic carbocycles. The number of Topliss-reactive ketones (excluding diaryl/α,β-unsaturated/α-hetero) is 1. The Balaban J connectivity index is 1.34. The molecule has 1 amide bonds. The van der Waals surface area contributed by atoms with Crippen molar-refractivity contribution in [3.63, 3.8) is 0 Å². The minimum atomic E-state index is -2.19. The summed E-state index contributed by atoms with van der Waals surface area (Å²) >= 11 is 0. The van der Waals surface area contributed by atoms with Crippen LogP contribution >= 0.6 is 0 Å². The number of carbonyl (C=O) groups excluding carboxylic acids is 5. The summed E-state index contributed by atoms with van der Waals surface area (Å²) < 4.78 is 46.1. The van der Waals surface area contributed by atoms with Crippen molar-refractivity contribution in [2.75, 3.05) is 19.8 Å². The molecule has 10 atom stereocenters. The number of carbonyl (C=O) groups is 5. The molecule has 4 fully saturated rings. The van der Waals surface area contributed by atoms with Crippen LogP contribution in [0.5, 0.6) is 0 Å². The van der Waals surface area contributed by atoms with Gasteiger partial charge in [0.1, 0.15) is 31.0 Å². The van der Waals surface area contributed by atoms with Crippen LogP contribution < -0.4 is 5.32 Å². The fraction of sp³-hybridized carbons (Fsp3) is 0.750. The molecule has 5 aliphatic rings. The van der Waals surface area contributed by atoms with Gasteiger partial charge in [0.25, 0.3) is 0 Å². The lowest BCUT2D eigenvalue weighted by Crippen LogP contribution is -2.70. The molecule has 6 N–H and O–H groups in total. The molecule has 21 heteroatoms. The summed E-state index contributed by atoms with van der Waals surface area (Å²) in [7, 11) is 0. The van der Waals surface area contributed by atoms with E-state index in [1.807, 2.05) is 0 Å². The van der Waals surface area contributed by atoms with Gasteiger partial charge >= 0.3 is 18.0 Å². The van der Waals surface area contributed by atoms with E-state index < -0.39 is 131 Å². The minimum absolute atomic E-state index is 0.183. The average Bonchev–Trinajstić information content (AvgIpc) is 3.49. The van der Waals surface area contributed by atoms with E-state index in [0.29, 0.717) is 12.0 Å². The molecule has 5 rings (SSSR count). The van der Waals surface area contributed by atoms with Crippen LogP contribution in [0, 0.1) is 22.7 Å². The molecule has 4 unspecified atom stereocenters. The third-order valence-corrected chi connectivity index (χ3v) is 11.8. The number of halogens is 1. The lowest BCUT2D eigenvalue weighted by Gasteiger charge is -2.62. The molecule has 57 heavy (non-hydrogen) atoms. The quantitative estimate of drug-likeness (QED) is 0.0833. The Bertz CT molecular complexity index is 1670. The third kappa shape index (κ3) is 8.51. The van der Waals surface area contributed by atoms with Crippen molar-refractivity contribution >= 4 is 29.6 Å². The van der Waals surface area contributed by atoms with Gasteiger partial charge in [-0.2, -0.15) is 0 Å². The zero-order valence-corrected chi connectivity index (χ0v) is 32.8. The van der Waals surface area contributed by atoms with Gasteiger partial charge in [0.05, 0.1) is 29.4 Å². The van der Waals surface area contributed by atoms with Crippen molar-refractivity contribution in [2.45, 2.75) is 128 Å². The molecule has 0 aromatic carbocycles. The number of aliphatic hydroxyl groups is 1. The van der Waals surface area contributed by atoms with Crippen molar-refractivity contribution in [2.24, 2.45) is 22.7 Å². The van der Waals surface area contributed by atoms with Gasteiger partial charge in [0, 0.05) is 16.7 Å². The fourth-order valence-electron chi connectivity index (χ4n) is 9.60. The summed E-state index contributed by atoms with van der Waals surface area (Å²) in [5, 5.41) is 48.1. The highest BCUT2D eigenvalue weighted by atomic mass is 19.1. The van der Waals surface area contributed by atoms with E-state index >= 15 is 4.39 Å². The first-order valence-electron chi connectivity index (χ1n) is 18.5. The summed E-state index contributed by atoms with van der Waals surface area (Å²) in [5.41, 5.74) is -6.95. The van der Waals surface area contributed by atoms with Crippen molar-refractivity contribution in [3.8, 4) is 0 Å². The molecule has 1 aliphatic heterocycles. The number of ketones is 2. The Morgan fingerprint density at radius 3 is 2.35 bits per heavy atom. The van der Waals surface area contributed by atoms with Gasteiger partial charge in [0.2, 0.25) is 5.78 Å². The predicted octanol–water partition coefficient (Wildman–Crippen LogP) is 2.19. The smallest absolute Gasteiger partial charge is 0.408 e. The number of nitrogens with zero attached hydrogens (tertiary/aromatic N) is 2. The van der Waals surface area contributed by atoms with Gasteiger partial charge in [-0.05, 0) is 85.3 Å². The lowest BCUT2D eigenvalue weighted by atomic mass is 9.44. The number of ether oxygens (including phenoxy) is 5.